The van der Waals surface area contributed by atoms with E-state index in [-0.39, 0.29) is 47.8 Å². The highest BCUT2D eigenvalue weighted by Crippen LogP contribution is 2.23. The van der Waals surface area contributed by atoms with Gasteiger partial charge in [-0.1, -0.05) is 0 Å². The lowest BCUT2D eigenvalue weighted by Crippen LogP contribution is -3.00. The van der Waals surface area contributed by atoms with Crippen LogP contribution >= 0.6 is 0 Å². The van der Waals surface area contributed by atoms with Crippen LogP contribution in [0.15, 0.2) is 18.2 Å². The zero-order valence-electron chi connectivity index (χ0n) is 14.8. The maximum Gasteiger partial charge on any atom is 0.341 e. The number of halogens is 1. The predicted molar refractivity (Wildman–Crippen MR) is 89.4 cm³/mol. The number of aromatic hydroxyl groups is 1. The van der Waals surface area contributed by atoms with Crippen LogP contribution in [0.5, 0.6) is 5.75 Å². The number of phenolic OH excluding ortho intramolecular Hbond substituents is 1. The number of phenols is 1. The molecule has 0 atom stereocenters. The third-order valence-corrected chi connectivity index (χ3v) is 4.18. The largest absolute Gasteiger partial charge is 1.00 e. The van der Waals surface area contributed by atoms with Gasteiger partial charge in [0, 0.05) is 11.8 Å². The number of carbonyl (C=O) groups is 2. The minimum Gasteiger partial charge on any atom is -1.00 e. The zero-order valence-corrected chi connectivity index (χ0v) is 16.9. The van der Waals surface area contributed by atoms with Gasteiger partial charge in [-0.2, -0.15) is 0 Å². The Morgan fingerprint density at radius 1 is 1.21 bits per heavy atom. The molecule has 0 spiro atoms. The van der Waals surface area contributed by atoms with Crippen LogP contribution in [0.2, 0.25) is 0 Å². The van der Waals surface area contributed by atoms with Crippen LogP contribution in [0.25, 0.3) is 0 Å². The minimum absolute atomic E-state index is 0. The number of nitrogens with zero attached hydrogens (tertiary/aromatic N) is 1. The van der Waals surface area contributed by atoms with Crippen LogP contribution in [-0.4, -0.2) is 54.8 Å². The number of anilines is 1. The number of rotatable bonds is 8. The first kappa shape index (κ1) is 22.6. The molecule has 0 heterocycles. The number of quaternary nitrogens is 1. The van der Waals surface area contributed by atoms with E-state index in [4.69, 9.17) is 4.74 Å². The van der Waals surface area contributed by atoms with Crippen molar-refractivity contribution in [2.75, 3.05) is 38.6 Å². The second kappa shape index (κ2) is 10.5. The van der Waals surface area contributed by atoms with Crippen molar-refractivity contribution in [3.63, 3.8) is 0 Å². The smallest absolute Gasteiger partial charge is 0.341 e. The molecule has 1 rings (SSSR count). The van der Waals surface area contributed by atoms with E-state index in [1.54, 1.807) is 13.0 Å². The van der Waals surface area contributed by atoms with Gasteiger partial charge >= 0.3 is 5.97 Å². The standard InChI is InChI=1S/C17H26N2O4.HI/c1-5-19(4,6-2)11-10-16(21)18-13-8-9-14(15(20)12-13)17(22)23-7-3;/h8-9,12H,5-7,10-11H2,1-4H3,(H-,18,20,21,22);1H. The Bertz CT molecular complexity index is 560. The fourth-order valence-corrected chi connectivity index (χ4v) is 2.13. The third-order valence-electron chi connectivity index (χ3n) is 4.18. The number of nitrogens with one attached hydrogen (secondary N) is 1. The summed E-state index contributed by atoms with van der Waals surface area (Å²) in [7, 11) is 2.12. The number of carbonyl (C=O) groups excluding carboxylic acids is 2. The van der Waals surface area contributed by atoms with E-state index in [0.29, 0.717) is 12.1 Å². The molecular weight excluding hydrogens is 423 g/mol. The number of benzene rings is 1. The summed E-state index contributed by atoms with van der Waals surface area (Å²) >= 11 is 0. The molecule has 0 aliphatic rings. The van der Waals surface area contributed by atoms with E-state index in [0.717, 1.165) is 24.1 Å². The maximum absolute atomic E-state index is 12.0. The number of hydrogen-bond acceptors (Lipinski definition) is 4. The highest BCUT2D eigenvalue weighted by atomic mass is 127. The van der Waals surface area contributed by atoms with Gasteiger partial charge in [-0.25, -0.2) is 4.79 Å². The van der Waals surface area contributed by atoms with Gasteiger partial charge in [-0.05, 0) is 32.9 Å². The van der Waals surface area contributed by atoms with Crippen molar-refractivity contribution >= 4 is 17.6 Å². The lowest BCUT2D eigenvalue weighted by Gasteiger charge is -2.31. The number of esters is 1. The van der Waals surface area contributed by atoms with E-state index >= 15 is 0 Å². The molecule has 0 radical (unpaired) electrons. The Kier molecular flexibility index (Phi) is 9.91. The van der Waals surface area contributed by atoms with Crippen molar-refractivity contribution in [2.24, 2.45) is 0 Å². The molecule has 0 aliphatic carbocycles. The summed E-state index contributed by atoms with van der Waals surface area (Å²) in [5.74, 6) is -0.898. The predicted octanol–water partition coefficient (Wildman–Crippen LogP) is -0.612. The summed E-state index contributed by atoms with van der Waals surface area (Å²) in [5, 5.41) is 12.6. The van der Waals surface area contributed by atoms with Crippen LogP contribution in [0.1, 0.15) is 37.6 Å². The molecule has 0 saturated heterocycles. The van der Waals surface area contributed by atoms with Gasteiger partial charge in [0.1, 0.15) is 11.3 Å². The van der Waals surface area contributed by atoms with E-state index in [1.165, 1.54) is 12.1 Å². The molecule has 1 amide bonds. The van der Waals surface area contributed by atoms with Crippen LogP contribution < -0.4 is 29.3 Å². The number of hydrogen-bond donors (Lipinski definition) is 2. The first-order valence-corrected chi connectivity index (χ1v) is 7.98. The summed E-state index contributed by atoms with van der Waals surface area (Å²) in [6.07, 6.45) is 0.401. The van der Waals surface area contributed by atoms with Gasteiger partial charge in [0.25, 0.3) is 0 Å². The average Bonchev–Trinajstić information content (AvgIpc) is 2.53. The fourth-order valence-electron chi connectivity index (χ4n) is 2.13. The second-order valence-corrected chi connectivity index (χ2v) is 5.73. The first-order chi connectivity index (χ1) is 10.8. The van der Waals surface area contributed by atoms with E-state index in [1.807, 2.05) is 0 Å². The summed E-state index contributed by atoms with van der Waals surface area (Å²) in [6, 6.07) is 4.39. The van der Waals surface area contributed by atoms with Crippen LogP contribution in [-0.2, 0) is 9.53 Å². The summed E-state index contributed by atoms with van der Waals surface area (Å²) in [5.41, 5.74) is 0.550. The lowest BCUT2D eigenvalue weighted by atomic mass is 10.1. The summed E-state index contributed by atoms with van der Waals surface area (Å²) in [4.78, 5) is 23.6. The molecular formula is C17H27IN2O4. The van der Waals surface area contributed by atoms with Crippen molar-refractivity contribution in [1.82, 2.24) is 0 Å². The molecule has 24 heavy (non-hydrogen) atoms. The van der Waals surface area contributed by atoms with Crippen molar-refractivity contribution < 1.29 is 47.9 Å². The van der Waals surface area contributed by atoms with E-state index in [2.05, 4.69) is 26.2 Å². The molecule has 0 unspecified atom stereocenters. The number of amides is 1. The molecule has 2 N–H and O–H groups in total. The minimum atomic E-state index is -0.582. The molecule has 1 aromatic rings. The maximum atomic E-state index is 12.0. The molecule has 136 valence electrons. The average molecular weight is 450 g/mol. The normalized spacial score (nSPS) is 10.7. The second-order valence-electron chi connectivity index (χ2n) is 5.73. The molecule has 0 fully saturated rings. The van der Waals surface area contributed by atoms with Gasteiger partial charge in [0.15, 0.2) is 0 Å². The highest BCUT2D eigenvalue weighted by Gasteiger charge is 2.18. The van der Waals surface area contributed by atoms with Crippen molar-refractivity contribution in [3.8, 4) is 5.75 Å². The van der Waals surface area contributed by atoms with Gasteiger partial charge < -0.3 is 43.6 Å². The van der Waals surface area contributed by atoms with Crippen molar-refractivity contribution in [1.29, 1.82) is 0 Å². The highest BCUT2D eigenvalue weighted by molar-refractivity contribution is 5.95. The molecule has 0 aromatic heterocycles. The molecule has 1 aromatic carbocycles. The third kappa shape index (κ3) is 6.64. The zero-order chi connectivity index (χ0) is 17.5. The van der Waals surface area contributed by atoms with Gasteiger partial charge in [0.2, 0.25) is 5.91 Å². The lowest BCUT2D eigenvalue weighted by molar-refractivity contribution is -0.905. The molecule has 0 bridgehead atoms. The summed E-state index contributed by atoms with van der Waals surface area (Å²) in [6.45, 7) is 8.84. The monoisotopic (exact) mass is 450 g/mol. The molecule has 6 nitrogen and oxygen atoms in total. The Balaban J connectivity index is 0.00000529. The van der Waals surface area contributed by atoms with Crippen LogP contribution in [0.3, 0.4) is 0 Å². The summed E-state index contributed by atoms with van der Waals surface area (Å²) < 4.78 is 5.68. The SMILES string of the molecule is CCOC(=O)c1ccc(NC(=O)CC[N+](C)(CC)CC)cc1O.[I-]. The Hall–Kier alpha value is -1.35. The Labute approximate surface area is 160 Å². The van der Waals surface area contributed by atoms with E-state index in [9.17, 15) is 14.7 Å². The molecule has 7 heteroatoms. The van der Waals surface area contributed by atoms with Crippen LogP contribution in [0.4, 0.5) is 5.69 Å². The topological polar surface area (TPSA) is 75.6 Å². The Morgan fingerprint density at radius 2 is 1.83 bits per heavy atom. The molecule has 0 aliphatic heterocycles. The van der Waals surface area contributed by atoms with E-state index < -0.39 is 5.97 Å². The Morgan fingerprint density at radius 3 is 2.33 bits per heavy atom. The van der Waals surface area contributed by atoms with Crippen molar-refractivity contribution in [2.45, 2.75) is 27.2 Å². The van der Waals surface area contributed by atoms with Gasteiger partial charge in [0.05, 0.1) is 39.7 Å². The first-order valence-electron chi connectivity index (χ1n) is 7.98. The molecule has 0 saturated carbocycles. The van der Waals surface area contributed by atoms with Crippen LogP contribution in [0, 0.1) is 0 Å². The fraction of sp³-hybridized carbons (Fsp3) is 0.529. The van der Waals surface area contributed by atoms with Crippen molar-refractivity contribution in [3.05, 3.63) is 23.8 Å². The van der Waals surface area contributed by atoms with Gasteiger partial charge in [-0.15, -0.1) is 0 Å². The van der Waals surface area contributed by atoms with Gasteiger partial charge in [-0.3, -0.25) is 4.79 Å². The quantitative estimate of drug-likeness (QED) is 0.315. The number of ether oxygens (including phenoxy) is 1.